The van der Waals surface area contributed by atoms with Crippen molar-refractivity contribution in [3.05, 3.63) is 65.2 Å². The number of carboxylic acids is 1. The summed E-state index contributed by atoms with van der Waals surface area (Å²) in [4.78, 5) is 11.1. The van der Waals surface area contributed by atoms with E-state index in [9.17, 15) is 4.79 Å². The molecule has 0 bridgehead atoms. The molecular formula is C15H15NO2. The summed E-state index contributed by atoms with van der Waals surface area (Å²) in [6.45, 7) is 0. The minimum atomic E-state index is -0.905. The van der Waals surface area contributed by atoms with Crippen molar-refractivity contribution >= 4 is 11.7 Å². The Labute approximate surface area is 106 Å². The zero-order chi connectivity index (χ0) is 13.0. The maximum absolute atomic E-state index is 11.1. The van der Waals surface area contributed by atoms with E-state index in [1.54, 1.807) is 18.2 Å². The fourth-order valence-corrected chi connectivity index (χ4v) is 1.95. The molecule has 0 amide bonds. The molecule has 2 rings (SSSR count). The first-order chi connectivity index (χ1) is 8.66. The van der Waals surface area contributed by atoms with Gasteiger partial charge in [-0.1, -0.05) is 30.3 Å². The number of benzene rings is 2. The number of rotatable bonds is 4. The second-order valence-electron chi connectivity index (χ2n) is 4.21. The lowest BCUT2D eigenvalue weighted by Crippen LogP contribution is -2.04. The van der Waals surface area contributed by atoms with Crippen molar-refractivity contribution in [2.45, 2.75) is 12.8 Å². The Hall–Kier alpha value is -2.29. The van der Waals surface area contributed by atoms with E-state index in [2.05, 4.69) is 0 Å². The summed E-state index contributed by atoms with van der Waals surface area (Å²) >= 11 is 0. The summed E-state index contributed by atoms with van der Waals surface area (Å²) in [6, 6.07) is 14.9. The molecule has 0 radical (unpaired) electrons. The lowest BCUT2D eigenvalue weighted by atomic mass is 9.99. The topological polar surface area (TPSA) is 63.3 Å². The molecule has 2 aromatic rings. The van der Waals surface area contributed by atoms with Crippen LogP contribution in [0.4, 0.5) is 5.69 Å². The molecule has 3 nitrogen and oxygen atoms in total. The predicted octanol–water partition coefficient (Wildman–Crippen LogP) is 2.75. The molecule has 3 N–H and O–H groups in total. The van der Waals surface area contributed by atoms with Crippen LogP contribution in [0.3, 0.4) is 0 Å². The second-order valence-corrected chi connectivity index (χ2v) is 4.21. The van der Waals surface area contributed by atoms with Crippen molar-refractivity contribution in [1.82, 2.24) is 0 Å². The quantitative estimate of drug-likeness (QED) is 0.809. The van der Waals surface area contributed by atoms with Crippen molar-refractivity contribution in [3.63, 3.8) is 0 Å². The van der Waals surface area contributed by atoms with Crippen molar-refractivity contribution in [3.8, 4) is 0 Å². The first-order valence-electron chi connectivity index (χ1n) is 5.82. The lowest BCUT2D eigenvalue weighted by molar-refractivity contribution is 0.0695. The van der Waals surface area contributed by atoms with Gasteiger partial charge in [0.1, 0.15) is 0 Å². The van der Waals surface area contributed by atoms with Crippen molar-refractivity contribution < 1.29 is 9.90 Å². The molecule has 0 heterocycles. The minimum Gasteiger partial charge on any atom is -0.478 e. The second kappa shape index (κ2) is 5.36. The number of hydrogen-bond acceptors (Lipinski definition) is 2. The third-order valence-corrected chi connectivity index (χ3v) is 2.89. The molecule has 2 aromatic carbocycles. The summed E-state index contributed by atoms with van der Waals surface area (Å²) in [5.74, 6) is -0.905. The standard InChI is InChI=1S/C15H15NO2/c16-13-8-9-14(15(17)18)12(10-13)7-6-11-4-2-1-3-5-11/h1-5,8-10H,6-7,16H2,(H,17,18). The van der Waals surface area contributed by atoms with Crippen LogP contribution in [0.25, 0.3) is 0 Å². The highest BCUT2D eigenvalue weighted by atomic mass is 16.4. The van der Waals surface area contributed by atoms with E-state index in [1.165, 1.54) is 5.56 Å². The van der Waals surface area contributed by atoms with E-state index in [0.717, 1.165) is 12.0 Å². The molecule has 18 heavy (non-hydrogen) atoms. The SMILES string of the molecule is Nc1ccc(C(=O)O)c(CCc2ccccc2)c1. The highest BCUT2D eigenvalue weighted by Gasteiger charge is 2.09. The highest BCUT2D eigenvalue weighted by Crippen LogP contribution is 2.16. The lowest BCUT2D eigenvalue weighted by Gasteiger charge is -2.07. The molecule has 0 aliphatic carbocycles. The third kappa shape index (κ3) is 2.88. The zero-order valence-corrected chi connectivity index (χ0v) is 9.97. The van der Waals surface area contributed by atoms with E-state index in [1.807, 2.05) is 30.3 Å². The molecule has 0 unspecified atom stereocenters. The summed E-state index contributed by atoms with van der Waals surface area (Å²) in [6.07, 6.45) is 1.49. The third-order valence-electron chi connectivity index (χ3n) is 2.89. The van der Waals surface area contributed by atoms with Gasteiger partial charge in [0, 0.05) is 5.69 Å². The Bertz CT molecular complexity index is 550. The Morgan fingerprint density at radius 3 is 2.44 bits per heavy atom. The van der Waals surface area contributed by atoms with Gasteiger partial charge in [0.05, 0.1) is 5.56 Å². The normalized spacial score (nSPS) is 10.2. The smallest absolute Gasteiger partial charge is 0.335 e. The first-order valence-corrected chi connectivity index (χ1v) is 5.82. The van der Waals surface area contributed by atoms with E-state index in [0.29, 0.717) is 17.7 Å². The van der Waals surface area contributed by atoms with Gasteiger partial charge in [-0.05, 0) is 42.2 Å². The number of nitrogens with two attached hydrogens (primary N) is 1. The maximum Gasteiger partial charge on any atom is 0.335 e. The first kappa shape index (κ1) is 12.2. The monoisotopic (exact) mass is 241 g/mol. The molecule has 0 saturated heterocycles. The molecule has 0 aliphatic rings. The molecule has 0 saturated carbocycles. The van der Waals surface area contributed by atoms with Gasteiger partial charge in [-0.15, -0.1) is 0 Å². The predicted molar refractivity (Wildman–Crippen MR) is 71.7 cm³/mol. The molecule has 0 aliphatic heterocycles. The van der Waals surface area contributed by atoms with Crippen LogP contribution in [0.5, 0.6) is 0 Å². The van der Waals surface area contributed by atoms with Crippen LogP contribution in [0.2, 0.25) is 0 Å². The summed E-state index contributed by atoms with van der Waals surface area (Å²) in [5.41, 5.74) is 8.61. The molecular weight excluding hydrogens is 226 g/mol. The number of nitrogen functional groups attached to an aromatic ring is 1. The van der Waals surface area contributed by atoms with Crippen molar-refractivity contribution in [2.24, 2.45) is 0 Å². The fraction of sp³-hybridized carbons (Fsp3) is 0.133. The molecule has 3 heteroatoms. The van der Waals surface area contributed by atoms with Crippen molar-refractivity contribution in [2.75, 3.05) is 5.73 Å². The van der Waals surface area contributed by atoms with E-state index < -0.39 is 5.97 Å². The van der Waals surface area contributed by atoms with Crippen molar-refractivity contribution in [1.29, 1.82) is 0 Å². The van der Waals surface area contributed by atoms with Crippen LogP contribution >= 0.6 is 0 Å². The Kier molecular flexibility index (Phi) is 3.63. The molecule has 0 fully saturated rings. The number of anilines is 1. The number of aryl methyl sites for hydroxylation is 2. The molecule has 0 spiro atoms. The van der Waals surface area contributed by atoms with Crippen LogP contribution in [-0.2, 0) is 12.8 Å². The van der Waals surface area contributed by atoms with E-state index in [-0.39, 0.29) is 0 Å². The molecule has 92 valence electrons. The highest BCUT2D eigenvalue weighted by molar-refractivity contribution is 5.90. The Morgan fingerprint density at radius 2 is 1.78 bits per heavy atom. The van der Waals surface area contributed by atoms with Crippen LogP contribution in [0.1, 0.15) is 21.5 Å². The summed E-state index contributed by atoms with van der Waals surface area (Å²) < 4.78 is 0. The van der Waals surface area contributed by atoms with Gasteiger partial charge in [-0.2, -0.15) is 0 Å². The number of carbonyl (C=O) groups is 1. The van der Waals surface area contributed by atoms with E-state index in [4.69, 9.17) is 10.8 Å². The maximum atomic E-state index is 11.1. The largest absolute Gasteiger partial charge is 0.478 e. The van der Waals surface area contributed by atoms with Gasteiger partial charge in [-0.3, -0.25) is 0 Å². The fourth-order valence-electron chi connectivity index (χ4n) is 1.95. The van der Waals surface area contributed by atoms with Crippen LogP contribution < -0.4 is 5.73 Å². The number of hydrogen-bond donors (Lipinski definition) is 2. The molecule has 0 aromatic heterocycles. The van der Waals surface area contributed by atoms with Crippen LogP contribution in [0.15, 0.2) is 48.5 Å². The number of carboxylic acid groups (broad SMARTS) is 1. The van der Waals surface area contributed by atoms with Gasteiger partial charge in [0.2, 0.25) is 0 Å². The van der Waals surface area contributed by atoms with Gasteiger partial charge in [0.25, 0.3) is 0 Å². The Balaban J connectivity index is 2.18. The van der Waals surface area contributed by atoms with Gasteiger partial charge in [0.15, 0.2) is 0 Å². The summed E-state index contributed by atoms with van der Waals surface area (Å²) in [7, 11) is 0. The summed E-state index contributed by atoms with van der Waals surface area (Å²) in [5, 5.41) is 9.11. The van der Waals surface area contributed by atoms with Gasteiger partial charge < -0.3 is 10.8 Å². The average molecular weight is 241 g/mol. The van der Waals surface area contributed by atoms with Crippen LogP contribution in [-0.4, -0.2) is 11.1 Å². The number of aromatic carboxylic acids is 1. The van der Waals surface area contributed by atoms with Crippen LogP contribution in [0, 0.1) is 0 Å². The average Bonchev–Trinajstić information content (AvgIpc) is 2.37. The minimum absolute atomic E-state index is 0.333. The van der Waals surface area contributed by atoms with E-state index >= 15 is 0 Å². The van der Waals surface area contributed by atoms with Gasteiger partial charge in [-0.25, -0.2) is 4.79 Å². The molecule has 0 atom stereocenters. The van der Waals surface area contributed by atoms with Gasteiger partial charge >= 0.3 is 5.97 Å². The Morgan fingerprint density at radius 1 is 1.06 bits per heavy atom. The zero-order valence-electron chi connectivity index (χ0n) is 9.97.